The maximum absolute atomic E-state index is 2.60. The van der Waals surface area contributed by atoms with Gasteiger partial charge in [-0.25, -0.2) is 0 Å². The van der Waals surface area contributed by atoms with Gasteiger partial charge in [0.2, 0.25) is 0 Å². The van der Waals surface area contributed by atoms with Crippen molar-refractivity contribution >= 4 is 5.69 Å². The Balaban J connectivity index is 1.72. The Kier molecular flexibility index (Phi) is 11.9. The molecule has 0 N–H and O–H groups in total. The Morgan fingerprint density at radius 3 is 1.86 bits per heavy atom. The molecule has 2 heteroatoms. The van der Waals surface area contributed by atoms with Gasteiger partial charge in [0.25, 0.3) is 0 Å². The Morgan fingerprint density at radius 1 is 0.643 bits per heavy atom. The Bertz CT molecular complexity index is 510. The maximum Gasteiger partial charge on any atom is 0.105 e. The van der Waals surface area contributed by atoms with Crippen LogP contribution in [0.15, 0.2) is 42.7 Å². The van der Waals surface area contributed by atoms with E-state index >= 15 is 0 Å². The van der Waals surface area contributed by atoms with Crippen molar-refractivity contribution in [2.75, 3.05) is 11.4 Å². The zero-order valence-electron chi connectivity index (χ0n) is 18.6. The molecule has 0 aliphatic carbocycles. The number of benzene rings is 1. The van der Waals surface area contributed by atoms with Gasteiger partial charge in [0.1, 0.15) is 6.17 Å². The van der Waals surface area contributed by atoms with E-state index in [-0.39, 0.29) is 0 Å². The molecule has 1 atom stereocenters. The van der Waals surface area contributed by atoms with Crippen LogP contribution < -0.4 is 4.90 Å². The van der Waals surface area contributed by atoms with Gasteiger partial charge >= 0.3 is 0 Å². The second-order valence-electron chi connectivity index (χ2n) is 8.44. The van der Waals surface area contributed by atoms with Crippen molar-refractivity contribution in [1.82, 2.24) is 4.90 Å². The van der Waals surface area contributed by atoms with E-state index in [4.69, 9.17) is 0 Å². The second kappa shape index (κ2) is 14.5. The fourth-order valence-electron chi connectivity index (χ4n) is 4.26. The summed E-state index contributed by atoms with van der Waals surface area (Å²) in [6.45, 7) is 5.79. The fourth-order valence-corrected chi connectivity index (χ4v) is 4.26. The third-order valence-electron chi connectivity index (χ3n) is 6.01. The van der Waals surface area contributed by atoms with Crippen LogP contribution in [0.1, 0.15) is 104 Å². The zero-order valence-corrected chi connectivity index (χ0v) is 18.6. The number of nitrogens with zero attached hydrogens (tertiary/aromatic N) is 2. The van der Waals surface area contributed by atoms with E-state index in [0.29, 0.717) is 6.17 Å². The smallest absolute Gasteiger partial charge is 0.105 e. The first-order valence-corrected chi connectivity index (χ1v) is 12.1. The molecule has 2 nitrogen and oxygen atoms in total. The topological polar surface area (TPSA) is 6.48 Å². The van der Waals surface area contributed by atoms with E-state index in [1.807, 2.05) is 0 Å². The molecule has 0 aromatic heterocycles. The molecule has 1 aliphatic heterocycles. The van der Waals surface area contributed by atoms with Crippen molar-refractivity contribution in [3.05, 3.63) is 42.7 Å². The number of anilines is 1. The summed E-state index contributed by atoms with van der Waals surface area (Å²) in [6, 6.07) is 10.9. The average Bonchev–Trinajstić information content (AvgIpc) is 3.13. The summed E-state index contributed by atoms with van der Waals surface area (Å²) in [6.07, 6.45) is 24.4. The molecule has 1 aliphatic rings. The lowest BCUT2D eigenvalue weighted by atomic mass is 10.1. The van der Waals surface area contributed by atoms with Crippen LogP contribution in [-0.4, -0.2) is 17.6 Å². The number of unbranched alkanes of at least 4 members (excludes halogenated alkanes) is 11. The first kappa shape index (κ1) is 22.8. The lowest BCUT2D eigenvalue weighted by molar-refractivity contribution is 0.273. The van der Waals surface area contributed by atoms with Crippen LogP contribution in [0.5, 0.6) is 0 Å². The summed E-state index contributed by atoms with van der Waals surface area (Å²) in [5.74, 6) is 0. The minimum Gasteiger partial charge on any atom is -0.356 e. The third-order valence-corrected chi connectivity index (χ3v) is 6.01. The van der Waals surface area contributed by atoms with Gasteiger partial charge in [-0.15, -0.1) is 0 Å². The molecule has 1 aromatic rings. The summed E-state index contributed by atoms with van der Waals surface area (Å²) < 4.78 is 0. The number of hydrogen-bond acceptors (Lipinski definition) is 2. The molecule has 158 valence electrons. The van der Waals surface area contributed by atoms with Crippen molar-refractivity contribution < 1.29 is 0 Å². The van der Waals surface area contributed by atoms with Gasteiger partial charge < -0.3 is 9.80 Å². The predicted octanol–water partition coefficient (Wildman–Crippen LogP) is 8.11. The van der Waals surface area contributed by atoms with Gasteiger partial charge in [0.05, 0.1) is 0 Å². The van der Waals surface area contributed by atoms with E-state index in [2.05, 4.69) is 66.4 Å². The van der Waals surface area contributed by atoms with E-state index < -0.39 is 0 Å². The van der Waals surface area contributed by atoms with E-state index in [9.17, 15) is 0 Å². The monoisotopic (exact) mass is 384 g/mol. The highest BCUT2D eigenvalue weighted by atomic mass is 15.4. The van der Waals surface area contributed by atoms with E-state index in [1.165, 1.54) is 102 Å². The highest BCUT2D eigenvalue weighted by molar-refractivity contribution is 5.51. The highest BCUT2D eigenvalue weighted by Crippen LogP contribution is 2.28. The Labute approximate surface area is 175 Å². The summed E-state index contributed by atoms with van der Waals surface area (Å²) in [7, 11) is 0. The standard InChI is InChI=1S/C26H44N2/c1-3-5-7-9-10-11-12-13-18-22-27-23-24-28(25-19-15-14-16-20-25)26(27)21-17-8-6-4-2/h14-16,19-20,23-24,26H,3-13,17-18,21-22H2,1-2H3. The van der Waals surface area contributed by atoms with Gasteiger partial charge in [-0.1, -0.05) is 103 Å². The number of para-hydroxylation sites is 1. The van der Waals surface area contributed by atoms with Crippen molar-refractivity contribution in [3.8, 4) is 0 Å². The summed E-state index contributed by atoms with van der Waals surface area (Å²) in [5, 5.41) is 0. The molecule has 0 spiro atoms. The maximum atomic E-state index is 2.60. The molecule has 0 amide bonds. The van der Waals surface area contributed by atoms with Gasteiger partial charge in [0, 0.05) is 24.6 Å². The molecule has 2 rings (SSSR count). The lowest BCUT2D eigenvalue weighted by Crippen LogP contribution is -2.39. The molecule has 0 saturated heterocycles. The summed E-state index contributed by atoms with van der Waals surface area (Å²) >= 11 is 0. The number of hydrogen-bond donors (Lipinski definition) is 0. The van der Waals surface area contributed by atoms with E-state index in [0.717, 1.165) is 0 Å². The largest absolute Gasteiger partial charge is 0.356 e. The molecule has 1 heterocycles. The fraction of sp³-hybridized carbons (Fsp3) is 0.692. The molecule has 1 unspecified atom stereocenters. The SMILES string of the molecule is CCCCCCCCCCCN1C=CN(c2ccccc2)C1CCCCCC. The van der Waals surface area contributed by atoms with Crippen LogP contribution in [0.3, 0.4) is 0 Å². The van der Waals surface area contributed by atoms with Crippen LogP contribution in [0.2, 0.25) is 0 Å². The lowest BCUT2D eigenvalue weighted by Gasteiger charge is -2.33. The van der Waals surface area contributed by atoms with Crippen molar-refractivity contribution in [3.63, 3.8) is 0 Å². The quantitative estimate of drug-likeness (QED) is 0.266. The normalized spacial score (nSPS) is 16.3. The molecular formula is C26H44N2. The predicted molar refractivity (Wildman–Crippen MR) is 125 cm³/mol. The van der Waals surface area contributed by atoms with Gasteiger partial charge in [-0.3, -0.25) is 0 Å². The van der Waals surface area contributed by atoms with Crippen LogP contribution >= 0.6 is 0 Å². The zero-order chi connectivity index (χ0) is 19.9. The Morgan fingerprint density at radius 2 is 1.21 bits per heavy atom. The molecule has 0 fully saturated rings. The first-order chi connectivity index (χ1) is 13.9. The Hall–Kier alpha value is -1.44. The molecule has 0 radical (unpaired) electrons. The van der Waals surface area contributed by atoms with Crippen molar-refractivity contribution in [2.45, 2.75) is 110 Å². The molecule has 0 saturated carbocycles. The molecule has 1 aromatic carbocycles. The number of rotatable bonds is 16. The minimum absolute atomic E-state index is 0.508. The van der Waals surface area contributed by atoms with Crippen LogP contribution in [0.25, 0.3) is 0 Å². The van der Waals surface area contributed by atoms with Gasteiger partial charge in [-0.2, -0.15) is 0 Å². The minimum atomic E-state index is 0.508. The van der Waals surface area contributed by atoms with Crippen LogP contribution in [0.4, 0.5) is 5.69 Å². The van der Waals surface area contributed by atoms with Crippen LogP contribution in [-0.2, 0) is 0 Å². The molecule has 28 heavy (non-hydrogen) atoms. The average molecular weight is 385 g/mol. The molecular weight excluding hydrogens is 340 g/mol. The van der Waals surface area contributed by atoms with Crippen molar-refractivity contribution in [1.29, 1.82) is 0 Å². The van der Waals surface area contributed by atoms with Gasteiger partial charge in [0.15, 0.2) is 0 Å². The third kappa shape index (κ3) is 8.29. The molecule has 0 bridgehead atoms. The second-order valence-corrected chi connectivity index (χ2v) is 8.44. The van der Waals surface area contributed by atoms with Gasteiger partial charge in [-0.05, 0) is 31.4 Å². The summed E-state index contributed by atoms with van der Waals surface area (Å²) in [4.78, 5) is 5.08. The highest BCUT2D eigenvalue weighted by Gasteiger charge is 2.26. The van der Waals surface area contributed by atoms with Crippen LogP contribution in [0, 0.1) is 0 Å². The van der Waals surface area contributed by atoms with E-state index in [1.54, 1.807) is 0 Å². The first-order valence-electron chi connectivity index (χ1n) is 12.1. The summed E-state index contributed by atoms with van der Waals surface area (Å²) in [5.41, 5.74) is 1.33. The van der Waals surface area contributed by atoms with Crippen molar-refractivity contribution in [2.24, 2.45) is 0 Å².